The number of rotatable bonds is 5. The average Bonchev–Trinajstić information content (AvgIpc) is 2.77. The van der Waals surface area contributed by atoms with Gasteiger partial charge in [0.05, 0.1) is 6.61 Å². The van der Waals surface area contributed by atoms with Crippen LogP contribution in [0.1, 0.15) is 18.1 Å². The van der Waals surface area contributed by atoms with E-state index in [1.807, 2.05) is 0 Å². The van der Waals surface area contributed by atoms with Crippen molar-refractivity contribution in [3.63, 3.8) is 0 Å². The Balaban J connectivity index is 0.00000144. The number of hydrogen-bond acceptors (Lipinski definition) is 3. The van der Waals surface area contributed by atoms with Crippen molar-refractivity contribution >= 4 is 18.1 Å². The van der Waals surface area contributed by atoms with E-state index in [4.69, 9.17) is 5.11 Å². The molecule has 0 aromatic heterocycles. The van der Waals surface area contributed by atoms with Crippen molar-refractivity contribution in [3.05, 3.63) is 29.3 Å². The highest BCUT2D eigenvalue weighted by Crippen LogP contribution is 2.27. The molecule has 0 saturated heterocycles. The summed E-state index contributed by atoms with van der Waals surface area (Å²) in [4.78, 5) is 2.26. The molecule has 2 rings (SSSR count). The van der Waals surface area contributed by atoms with Gasteiger partial charge in [-0.25, -0.2) is 0 Å². The topological polar surface area (TPSA) is 35.5 Å². The van der Waals surface area contributed by atoms with Crippen molar-refractivity contribution in [2.45, 2.75) is 19.9 Å². The Morgan fingerprint density at radius 3 is 2.94 bits per heavy atom. The summed E-state index contributed by atoms with van der Waals surface area (Å²) in [7, 11) is 0. The predicted octanol–water partition coefficient (Wildman–Crippen LogP) is 1.89. The number of halogens is 1. The largest absolute Gasteiger partial charge is 0.395 e. The van der Waals surface area contributed by atoms with Crippen LogP contribution in [0.3, 0.4) is 0 Å². The molecule has 3 nitrogen and oxygen atoms in total. The van der Waals surface area contributed by atoms with Crippen LogP contribution in [0.2, 0.25) is 0 Å². The third-order valence-corrected chi connectivity index (χ3v) is 3.19. The molecule has 0 aliphatic carbocycles. The Morgan fingerprint density at radius 2 is 2.24 bits per heavy atom. The second-order valence-electron chi connectivity index (χ2n) is 4.22. The maximum atomic E-state index is 8.98. The van der Waals surface area contributed by atoms with Gasteiger partial charge in [-0.3, -0.25) is 4.90 Å². The Labute approximate surface area is 109 Å². The van der Waals surface area contributed by atoms with E-state index >= 15 is 0 Å². The number of fused-ring (bicyclic) bond motifs is 1. The first-order valence-corrected chi connectivity index (χ1v) is 6.03. The first-order chi connectivity index (χ1) is 7.85. The van der Waals surface area contributed by atoms with E-state index in [1.54, 1.807) is 0 Å². The van der Waals surface area contributed by atoms with Crippen molar-refractivity contribution in [2.75, 3.05) is 31.6 Å². The predicted molar refractivity (Wildman–Crippen MR) is 73.9 cm³/mol. The summed E-state index contributed by atoms with van der Waals surface area (Å²) < 4.78 is 0. The molecule has 17 heavy (non-hydrogen) atoms. The number of likely N-dealkylation sites (N-methyl/N-ethyl adjacent to an activating group) is 1. The number of benzene rings is 1. The van der Waals surface area contributed by atoms with Crippen LogP contribution in [-0.2, 0) is 13.0 Å². The summed E-state index contributed by atoms with van der Waals surface area (Å²) in [6, 6.07) is 6.51. The lowest BCUT2D eigenvalue weighted by molar-refractivity contribution is 0.197. The van der Waals surface area contributed by atoms with Crippen LogP contribution >= 0.6 is 12.4 Å². The first-order valence-electron chi connectivity index (χ1n) is 6.03. The molecule has 0 bridgehead atoms. The zero-order valence-electron chi connectivity index (χ0n) is 10.3. The van der Waals surface area contributed by atoms with E-state index in [1.165, 1.54) is 16.8 Å². The number of aliphatic hydroxyl groups excluding tert-OH is 1. The van der Waals surface area contributed by atoms with Crippen molar-refractivity contribution < 1.29 is 5.11 Å². The number of hydrogen-bond donors (Lipinski definition) is 2. The molecule has 1 aromatic rings. The number of nitrogens with one attached hydrogen (secondary N) is 1. The lowest BCUT2D eigenvalue weighted by Crippen LogP contribution is -2.26. The van der Waals surface area contributed by atoms with Crippen LogP contribution in [-0.4, -0.2) is 36.2 Å². The fourth-order valence-corrected chi connectivity index (χ4v) is 2.27. The van der Waals surface area contributed by atoms with E-state index in [-0.39, 0.29) is 19.0 Å². The van der Waals surface area contributed by atoms with Crippen molar-refractivity contribution in [1.29, 1.82) is 0 Å². The molecule has 0 fully saturated rings. The van der Waals surface area contributed by atoms with Gasteiger partial charge in [0.2, 0.25) is 0 Å². The van der Waals surface area contributed by atoms with Crippen LogP contribution in [0.5, 0.6) is 0 Å². The molecule has 0 saturated carbocycles. The van der Waals surface area contributed by atoms with Gasteiger partial charge in [-0.15, -0.1) is 12.4 Å². The highest BCUT2D eigenvalue weighted by molar-refractivity contribution is 5.85. The molecular formula is C13H21ClN2O. The Morgan fingerprint density at radius 1 is 1.41 bits per heavy atom. The van der Waals surface area contributed by atoms with E-state index in [0.29, 0.717) is 0 Å². The van der Waals surface area contributed by atoms with Crippen LogP contribution in [0, 0.1) is 0 Å². The fraction of sp³-hybridized carbons (Fsp3) is 0.538. The van der Waals surface area contributed by atoms with Gasteiger partial charge in [0.15, 0.2) is 0 Å². The second-order valence-corrected chi connectivity index (χ2v) is 4.22. The second kappa shape index (κ2) is 6.84. The van der Waals surface area contributed by atoms with Gasteiger partial charge in [0.1, 0.15) is 0 Å². The molecule has 0 amide bonds. The standard InChI is InChI=1S/C13H20N2O.ClH/c1-2-15(8-9-16)10-12-5-3-4-11-6-7-14-13(11)12;/h3-5,14,16H,2,6-10H2,1H3;1H. The molecule has 2 N–H and O–H groups in total. The molecular weight excluding hydrogens is 236 g/mol. The highest BCUT2D eigenvalue weighted by atomic mass is 35.5. The molecule has 1 aliphatic heterocycles. The quantitative estimate of drug-likeness (QED) is 0.845. The van der Waals surface area contributed by atoms with E-state index < -0.39 is 0 Å². The average molecular weight is 257 g/mol. The van der Waals surface area contributed by atoms with Crippen molar-refractivity contribution in [3.8, 4) is 0 Å². The monoisotopic (exact) mass is 256 g/mol. The van der Waals surface area contributed by atoms with Gasteiger partial charge in [0.25, 0.3) is 0 Å². The van der Waals surface area contributed by atoms with E-state index in [0.717, 1.165) is 32.6 Å². The number of anilines is 1. The molecule has 1 aromatic carbocycles. The molecule has 0 atom stereocenters. The summed E-state index contributed by atoms with van der Waals surface area (Å²) in [5.74, 6) is 0. The Hall–Kier alpha value is -0.770. The maximum absolute atomic E-state index is 8.98. The molecule has 0 radical (unpaired) electrons. The van der Waals surface area contributed by atoms with Crippen LogP contribution < -0.4 is 5.32 Å². The number of aliphatic hydroxyl groups is 1. The zero-order valence-corrected chi connectivity index (χ0v) is 11.1. The third kappa shape index (κ3) is 3.35. The third-order valence-electron chi connectivity index (χ3n) is 3.19. The van der Waals surface area contributed by atoms with Gasteiger partial charge in [0, 0.05) is 25.3 Å². The van der Waals surface area contributed by atoms with Crippen LogP contribution in [0.25, 0.3) is 0 Å². The zero-order chi connectivity index (χ0) is 11.4. The lowest BCUT2D eigenvalue weighted by atomic mass is 10.1. The minimum absolute atomic E-state index is 0. The molecule has 4 heteroatoms. The van der Waals surface area contributed by atoms with Crippen molar-refractivity contribution in [2.24, 2.45) is 0 Å². The summed E-state index contributed by atoms with van der Waals surface area (Å²) in [5.41, 5.74) is 4.10. The molecule has 0 unspecified atom stereocenters. The molecule has 96 valence electrons. The Kier molecular flexibility index (Phi) is 5.75. The van der Waals surface area contributed by atoms with Crippen LogP contribution in [0.15, 0.2) is 18.2 Å². The summed E-state index contributed by atoms with van der Waals surface area (Å²) in [6.45, 7) is 6.07. The van der Waals surface area contributed by atoms with E-state index in [9.17, 15) is 0 Å². The van der Waals surface area contributed by atoms with Gasteiger partial charge >= 0.3 is 0 Å². The smallest absolute Gasteiger partial charge is 0.0558 e. The fourth-order valence-electron chi connectivity index (χ4n) is 2.27. The summed E-state index contributed by atoms with van der Waals surface area (Å²) in [5, 5.41) is 12.4. The minimum Gasteiger partial charge on any atom is -0.395 e. The van der Waals surface area contributed by atoms with Crippen molar-refractivity contribution in [1.82, 2.24) is 4.90 Å². The first kappa shape index (κ1) is 14.3. The van der Waals surface area contributed by atoms with Gasteiger partial charge in [-0.2, -0.15) is 0 Å². The molecule has 0 spiro atoms. The summed E-state index contributed by atoms with van der Waals surface area (Å²) in [6.07, 6.45) is 1.13. The van der Waals surface area contributed by atoms with Gasteiger partial charge in [-0.05, 0) is 24.1 Å². The lowest BCUT2D eigenvalue weighted by Gasteiger charge is -2.20. The highest BCUT2D eigenvalue weighted by Gasteiger charge is 2.14. The minimum atomic E-state index is 0. The molecule has 1 aliphatic rings. The summed E-state index contributed by atoms with van der Waals surface area (Å²) >= 11 is 0. The Bertz CT molecular complexity index is 357. The number of para-hydroxylation sites is 1. The maximum Gasteiger partial charge on any atom is 0.0558 e. The number of nitrogens with zero attached hydrogens (tertiary/aromatic N) is 1. The normalized spacial score (nSPS) is 13.1. The van der Waals surface area contributed by atoms with Crippen LogP contribution in [0.4, 0.5) is 5.69 Å². The van der Waals surface area contributed by atoms with E-state index in [2.05, 4.69) is 35.3 Å². The SMILES string of the molecule is CCN(CCO)Cc1cccc2c1NCC2.Cl. The van der Waals surface area contributed by atoms with Gasteiger partial charge in [-0.1, -0.05) is 25.1 Å². The molecule has 1 heterocycles. The van der Waals surface area contributed by atoms with Gasteiger partial charge < -0.3 is 10.4 Å².